The van der Waals surface area contributed by atoms with E-state index in [-0.39, 0.29) is 17.2 Å². The molecule has 3 aliphatic heterocycles. The van der Waals surface area contributed by atoms with Crippen LogP contribution in [0.25, 0.3) is 6.08 Å². The molecule has 0 bridgehead atoms. The number of piperidine rings is 1. The molecule has 0 N–H and O–H groups in total. The fourth-order valence-electron chi connectivity index (χ4n) is 4.83. The van der Waals surface area contributed by atoms with Crippen LogP contribution in [0.4, 0.5) is 0 Å². The standard InChI is InChI=1S/C23H31N3O2/c27-21-17-23(19-26(21)14-6-9-20-7-2-1-3-8-20)10-15-25(16-11-23)22(28)18-24-12-4-5-13-24/h1-3,6-9H,4-5,10-19H2/b9-6+. The second kappa shape index (κ2) is 8.48. The molecule has 3 aliphatic rings. The Morgan fingerprint density at radius 1 is 1.04 bits per heavy atom. The van der Waals surface area contributed by atoms with Crippen LogP contribution in [0.5, 0.6) is 0 Å². The minimum Gasteiger partial charge on any atom is -0.342 e. The molecule has 5 heteroatoms. The lowest BCUT2D eigenvalue weighted by Crippen LogP contribution is -2.47. The molecule has 3 fully saturated rings. The number of rotatable bonds is 5. The monoisotopic (exact) mass is 381 g/mol. The molecule has 5 nitrogen and oxygen atoms in total. The number of likely N-dealkylation sites (tertiary alicyclic amines) is 3. The van der Waals surface area contributed by atoms with Crippen LogP contribution in [0.2, 0.25) is 0 Å². The van der Waals surface area contributed by atoms with Crippen molar-refractivity contribution in [2.75, 3.05) is 45.8 Å². The largest absolute Gasteiger partial charge is 0.342 e. The van der Waals surface area contributed by atoms with Gasteiger partial charge in [0.25, 0.3) is 0 Å². The van der Waals surface area contributed by atoms with E-state index in [0.29, 0.717) is 19.5 Å². The lowest BCUT2D eigenvalue weighted by atomic mass is 9.77. The molecule has 0 aromatic heterocycles. The summed E-state index contributed by atoms with van der Waals surface area (Å²) >= 11 is 0. The predicted molar refractivity (Wildman–Crippen MR) is 111 cm³/mol. The van der Waals surface area contributed by atoms with Crippen LogP contribution in [0.1, 0.15) is 37.7 Å². The zero-order valence-corrected chi connectivity index (χ0v) is 16.7. The highest BCUT2D eigenvalue weighted by Gasteiger charge is 2.45. The third-order valence-corrected chi connectivity index (χ3v) is 6.58. The maximum atomic E-state index is 12.6. The molecule has 0 aliphatic carbocycles. The van der Waals surface area contributed by atoms with Crippen molar-refractivity contribution >= 4 is 17.9 Å². The summed E-state index contributed by atoms with van der Waals surface area (Å²) in [6, 6.07) is 10.2. The Labute approximate surface area is 168 Å². The van der Waals surface area contributed by atoms with Crippen molar-refractivity contribution < 1.29 is 9.59 Å². The van der Waals surface area contributed by atoms with Crippen molar-refractivity contribution in [3.8, 4) is 0 Å². The summed E-state index contributed by atoms with van der Waals surface area (Å²) in [5, 5.41) is 0. The zero-order valence-electron chi connectivity index (χ0n) is 16.7. The molecule has 28 heavy (non-hydrogen) atoms. The van der Waals surface area contributed by atoms with E-state index in [0.717, 1.165) is 51.1 Å². The molecule has 4 rings (SSSR count). The van der Waals surface area contributed by atoms with Gasteiger partial charge in [0.1, 0.15) is 0 Å². The highest BCUT2D eigenvalue weighted by Crippen LogP contribution is 2.41. The van der Waals surface area contributed by atoms with Gasteiger partial charge < -0.3 is 9.80 Å². The lowest BCUT2D eigenvalue weighted by molar-refractivity contribution is -0.134. The summed E-state index contributed by atoms with van der Waals surface area (Å²) < 4.78 is 0. The number of carbonyl (C=O) groups is 2. The molecule has 1 aromatic rings. The quantitative estimate of drug-likeness (QED) is 0.788. The highest BCUT2D eigenvalue weighted by molar-refractivity contribution is 5.80. The molecule has 0 saturated carbocycles. The van der Waals surface area contributed by atoms with Crippen LogP contribution < -0.4 is 0 Å². The second-order valence-electron chi connectivity index (χ2n) is 8.63. The van der Waals surface area contributed by atoms with Crippen LogP contribution in [0, 0.1) is 5.41 Å². The molecule has 1 spiro atoms. The highest BCUT2D eigenvalue weighted by atomic mass is 16.2. The Balaban J connectivity index is 1.26. The third kappa shape index (κ3) is 4.46. The molecule has 3 heterocycles. The van der Waals surface area contributed by atoms with Crippen molar-refractivity contribution in [1.29, 1.82) is 0 Å². The third-order valence-electron chi connectivity index (χ3n) is 6.58. The summed E-state index contributed by atoms with van der Waals surface area (Å²) in [5.41, 5.74) is 1.23. The summed E-state index contributed by atoms with van der Waals surface area (Å²) in [7, 11) is 0. The first-order chi connectivity index (χ1) is 13.6. The van der Waals surface area contributed by atoms with E-state index in [1.165, 1.54) is 12.8 Å². The maximum absolute atomic E-state index is 12.6. The molecule has 0 unspecified atom stereocenters. The van der Waals surface area contributed by atoms with Crippen LogP contribution in [0.15, 0.2) is 36.4 Å². The molecule has 1 aromatic carbocycles. The van der Waals surface area contributed by atoms with Gasteiger partial charge in [-0.05, 0) is 44.3 Å². The van der Waals surface area contributed by atoms with Crippen molar-refractivity contribution in [2.24, 2.45) is 5.41 Å². The number of hydrogen-bond donors (Lipinski definition) is 0. The summed E-state index contributed by atoms with van der Waals surface area (Å²) in [4.78, 5) is 31.4. The minimum absolute atomic E-state index is 0.0715. The fraction of sp³-hybridized carbons (Fsp3) is 0.565. The smallest absolute Gasteiger partial charge is 0.236 e. The number of hydrogen-bond acceptors (Lipinski definition) is 3. The van der Waals surface area contributed by atoms with Crippen molar-refractivity contribution in [1.82, 2.24) is 14.7 Å². The molecule has 150 valence electrons. The van der Waals surface area contributed by atoms with Crippen molar-refractivity contribution in [3.63, 3.8) is 0 Å². The Kier molecular flexibility index (Phi) is 5.81. The molecule has 2 amide bonds. The van der Waals surface area contributed by atoms with Gasteiger partial charge in [-0.25, -0.2) is 0 Å². The first-order valence-corrected chi connectivity index (χ1v) is 10.6. The van der Waals surface area contributed by atoms with E-state index in [2.05, 4.69) is 29.2 Å². The maximum Gasteiger partial charge on any atom is 0.236 e. The molecule has 3 saturated heterocycles. The van der Waals surface area contributed by atoms with E-state index >= 15 is 0 Å². The van der Waals surface area contributed by atoms with E-state index in [1.807, 2.05) is 28.0 Å². The van der Waals surface area contributed by atoms with Crippen molar-refractivity contribution in [2.45, 2.75) is 32.1 Å². The van der Waals surface area contributed by atoms with E-state index in [4.69, 9.17) is 0 Å². The number of amides is 2. The van der Waals surface area contributed by atoms with E-state index in [1.54, 1.807) is 0 Å². The minimum atomic E-state index is 0.0715. The van der Waals surface area contributed by atoms with Gasteiger partial charge in [-0.15, -0.1) is 0 Å². The predicted octanol–water partition coefficient (Wildman–Crippen LogP) is 2.64. The Morgan fingerprint density at radius 3 is 2.46 bits per heavy atom. The Morgan fingerprint density at radius 2 is 1.75 bits per heavy atom. The van der Waals surface area contributed by atoms with Gasteiger partial charge in [0.05, 0.1) is 6.54 Å². The van der Waals surface area contributed by atoms with Crippen LogP contribution >= 0.6 is 0 Å². The van der Waals surface area contributed by atoms with Gasteiger partial charge in [-0.1, -0.05) is 42.5 Å². The SMILES string of the molecule is O=C(CN1CCCC1)N1CCC2(CC1)CC(=O)N(C/C=C/c1ccccc1)C2. The van der Waals surface area contributed by atoms with Crippen LogP contribution in [0.3, 0.4) is 0 Å². The summed E-state index contributed by atoms with van der Waals surface area (Å²) in [5.74, 6) is 0.526. The van der Waals surface area contributed by atoms with Gasteiger partial charge in [0.2, 0.25) is 11.8 Å². The van der Waals surface area contributed by atoms with Gasteiger partial charge in [0, 0.05) is 38.0 Å². The first kappa shape index (κ1) is 19.2. The average molecular weight is 382 g/mol. The Hall–Kier alpha value is -2.14. The van der Waals surface area contributed by atoms with Crippen LogP contribution in [-0.2, 0) is 9.59 Å². The van der Waals surface area contributed by atoms with Gasteiger partial charge in [0.15, 0.2) is 0 Å². The first-order valence-electron chi connectivity index (χ1n) is 10.6. The Bertz CT molecular complexity index is 717. The topological polar surface area (TPSA) is 43.9 Å². The van der Waals surface area contributed by atoms with Gasteiger partial charge in [-0.3, -0.25) is 14.5 Å². The molecule has 0 radical (unpaired) electrons. The van der Waals surface area contributed by atoms with Crippen LogP contribution in [-0.4, -0.2) is 72.3 Å². The molecular formula is C23H31N3O2. The molecular weight excluding hydrogens is 350 g/mol. The lowest BCUT2D eigenvalue weighted by Gasteiger charge is -2.39. The van der Waals surface area contributed by atoms with Crippen molar-refractivity contribution in [3.05, 3.63) is 42.0 Å². The summed E-state index contributed by atoms with van der Waals surface area (Å²) in [6.07, 6.45) is 9.13. The molecule has 0 atom stereocenters. The fourth-order valence-corrected chi connectivity index (χ4v) is 4.83. The van der Waals surface area contributed by atoms with E-state index < -0.39 is 0 Å². The number of nitrogens with zero attached hydrogens (tertiary/aromatic N) is 3. The number of benzene rings is 1. The average Bonchev–Trinajstić information content (AvgIpc) is 3.31. The van der Waals surface area contributed by atoms with Gasteiger partial charge in [-0.2, -0.15) is 0 Å². The van der Waals surface area contributed by atoms with Gasteiger partial charge >= 0.3 is 0 Å². The normalized spacial score (nSPS) is 22.6. The summed E-state index contributed by atoms with van der Waals surface area (Å²) in [6.45, 7) is 5.79. The van der Waals surface area contributed by atoms with E-state index in [9.17, 15) is 9.59 Å². The zero-order chi connectivity index (χ0) is 19.4. The number of carbonyl (C=O) groups excluding carboxylic acids is 2. The second-order valence-corrected chi connectivity index (χ2v) is 8.63.